The minimum absolute atomic E-state index is 0.0241. The maximum atomic E-state index is 5.60. The predicted octanol–water partition coefficient (Wildman–Crippen LogP) is 2.70. The molecule has 0 aliphatic heterocycles. The van der Waals surface area contributed by atoms with Crippen molar-refractivity contribution in [3.63, 3.8) is 0 Å². The van der Waals surface area contributed by atoms with Crippen molar-refractivity contribution in [2.45, 2.75) is 52.2 Å². The molecule has 1 rings (SSSR count). The zero-order valence-electron chi connectivity index (χ0n) is 11.5. The van der Waals surface area contributed by atoms with E-state index >= 15 is 0 Å². The molecule has 1 aromatic rings. The first-order valence-electron chi connectivity index (χ1n) is 6.15. The minimum atomic E-state index is -0.0241. The fraction of sp³-hybridized carbons (Fsp3) is 0.769. The molecule has 1 N–H and O–H groups in total. The molecular formula is C13H24N2O2. The first kappa shape index (κ1) is 14.2. The number of hydrogen-bond acceptors (Lipinski definition) is 4. The highest BCUT2D eigenvalue weighted by Crippen LogP contribution is 2.17. The number of aryl methyl sites for hydroxylation is 1. The third-order valence-electron chi connectivity index (χ3n) is 2.55. The zero-order chi connectivity index (χ0) is 12.9. The lowest BCUT2D eigenvalue weighted by atomic mass is 10.1. The van der Waals surface area contributed by atoms with Gasteiger partial charge < -0.3 is 14.5 Å². The van der Waals surface area contributed by atoms with Crippen LogP contribution in [0.15, 0.2) is 10.6 Å². The normalized spacial score (nSPS) is 13.9. The van der Waals surface area contributed by atoms with Crippen molar-refractivity contribution in [1.82, 2.24) is 10.3 Å². The average Bonchev–Trinajstić information content (AvgIpc) is 2.70. The maximum Gasteiger partial charge on any atom is 0.194 e. The second kappa shape index (κ2) is 6.17. The smallest absolute Gasteiger partial charge is 0.194 e. The number of rotatable bonds is 6. The van der Waals surface area contributed by atoms with E-state index in [1.54, 1.807) is 13.3 Å². The van der Waals surface area contributed by atoms with E-state index in [0.29, 0.717) is 0 Å². The first-order chi connectivity index (χ1) is 7.92. The molecule has 0 saturated carbocycles. The number of ether oxygens (including phenoxy) is 1. The van der Waals surface area contributed by atoms with Gasteiger partial charge in [0, 0.05) is 19.1 Å². The van der Waals surface area contributed by atoms with Gasteiger partial charge in [0.2, 0.25) is 0 Å². The Morgan fingerprint density at radius 1 is 1.47 bits per heavy atom. The number of aromatic nitrogens is 1. The predicted molar refractivity (Wildman–Crippen MR) is 68.0 cm³/mol. The molecule has 0 aromatic carbocycles. The second-order valence-electron chi connectivity index (χ2n) is 5.31. The van der Waals surface area contributed by atoms with Gasteiger partial charge in [-0.05, 0) is 40.7 Å². The van der Waals surface area contributed by atoms with Gasteiger partial charge in [0.15, 0.2) is 11.7 Å². The second-order valence-corrected chi connectivity index (χ2v) is 5.31. The standard InChI is InChI=1S/C13H24N2O2/c1-10(16-5)11-9-14-12(17-11)7-6-8-15-13(2,3)4/h9-10,15H,6-8H2,1-5H3. The average molecular weight is 240 g/mol. The third-order valence-corrected chi connectivity index (χ3v) is 2.55. The van der Waals surface area contributed by atoms with Crippen molar-refractivity contribution in [3.05, 3.63) is 17.8 Å². The fourth-order valence-electron chi connectivity index (χ4n) is 1.45. The van der Waals surface area contributed by atoms with Gasteiger partial charge in [0.1, 0.15) is 6.10 Å². The van der Waals surface area contributed by atoms with Crippen molar-refractivity contribution >= 4 is 0 Å². The van der Waals surface area contributed by atoms with Crippen LogP contribution in [0.25, 0.3) is 0 Å². The summed E-state index contributed by atoms with van der Waals surface area (Å²) >= 11 is 0. The molecule has 1 atom stereocenters. The van der Waals surface area contributed by atoms with Crippen molar-refractivity contribution in [1.29, 1.82) is 0 Å². The number of nitrogens with zero attached hydrogens (tertiary/aromatic N) is 1. The molecule has 0 aliphatic rings. The highest BCUT2D eigenvalue weighted by Gasteiger charge is 2.11. The third kappa shape index (κ3) is 5.33. The Kier molecular flexibility index (Phi) is 5.15. The van der Waals surface area contributed by atoms with Gasteiger partial charge in [0.25, 0.3) is 0 Å². The summed E-state index contributed by atoms with van der Waals surface area (Å²) in [6.45, 7) is 9.41. The summed E-state index contributed by atoms with van der Waals surface area (Å²) < 4.78 is 10.8. The van der Waals surface area contributed by atoms with Gasteiger partial charge in [-0.2, -0.15) is 0 Å². The molecule has 0 fully saturated rings. The van der Waals surface area contributed by atoms with Gasteiger partial charge >= 0.3 is 0 Å². The van der Waals surface area contributed by atoms with E-state index in [-0.39, 0.29) is 11.6 Å². The molecule has 1 aromatic heterocycles. The summed E-state index contributed by atoms with van der Waals surface area (Å²) in [6.07, 6.45) is 3.61. The van der Waals surface area contributed by atoms with E-state index in [1.807, 2.05) is 6.92 Å². The number of oxazole rings is 1. The Labute approximate surface area is 104 Å². The Morgan fingerprint density at radius 3 is 2.76 bits per heavy atom. The van der Waals surface area contributed by atoms with Crippen molar-refractivity contribution in [3.8, 4) is 0 Å². The van der Waals surface area contributed by atoms with Crippen LogP contribution in [0.3, 0.4) is 0 Å². The topological polar surface area (TPSA) is 47.3 Å². The fourth-order valence-corrected chi connectivity index (χ4v) is 1.45. The molecule has 1 heterocycles. The van der Waals surface area contributed by atoms with Crippen molar-refractivity contribution in [2.24, 2.45) is 0 Å². The van der Waals surface area contributed by atoms with Gasteiger partial charge in [-0.1, -0.05) is 0 Å². The van der Waals surface area contributed by atoms with Gasteiger partial charge in [0.05, 0.1) is 6.20 Å². The zero-order valence-corrected chi connectivity index (χ0v) is 11.5. The van der Waals surface area contributed by atoms with Crippen LogP contribution in [0.5, 0.6) is 0 Å². The lowest BCUT2D eigenvalue weighted by Gasteiger charge is -2.20. The number of hydrogen-bond donors (Lipinski definition) is 1. The Bertz CT molecular complexity index is 328. The lowest BCUT2D eigenvalue weighted by Crippen LogP contribution is -2.36. The van der Waals surface area contributed by atoms with E-state index in [4.69, 9.17) is 9.15 Å². The molecule has 4 heteroatoms. The SMILES string of the molecule is COC(C)c1cnc(CCCNC(C)(C)C)o1. The summed E-state index contributed by atoms with van der Waals surface area (Å²) in [4.78, 5) is 4.24. The largest absolute Gasteiger partial charge is 0.443 e. The van der Waals surface area contributed by atoms with Gasteiger partial charge in [-0.25, -0.2) is 4.98 Å². The summed E-state index contributed by atoms with van der Waals surface area (Å²) in [6, 6.07) is 0. The van der Waals surface area contributed by atoms with Crippen LogP contribution in [-0.4, -0.2) is 24.2 Å². The molecule has 0 aliphatic carbocycles. The molecule has 0 radical (unpaired) electrons. The van der Waals surface area contributed by atoms with Crippen molar-refractivity contribution < 1.29 is 9.15 Å². The molecule has 0 spiro atoms. The molecule has 98 valence electrons. The molecule has 0 bridgehead atoms. The first-order valence-corrected chi connectivity index (χ1v) is 6.15. The van der Waals surface area contributed by atoms with Crippen LogP contribution in [0, 0.1) is 0 Å². The Morgan fingerprint density at radius 2 is 2.18 bits per heavy atom. The number of methoxy groups -OCH3 is 1. The summed E-state index contributed by atoms with van der Waals surface area (Å²) in [5.41, 5.74) is 0.173. The number of nitrogens with one attached hydrogen (secondary N) is 1. The van der Waals surface area contributed by atoms with Gasteiger partial charge in [-0.3, -0.25) is 0 Å². The lowest BCUT2D eigenvalue weighted by molar-refractivity contribution is 0.0982. The monoisotopic (exact) mass is 240 g/mol. The molecule has 4 nitrogen and oxygen atoms in total. The van der Waals surface area contributed by atoms with E-state index in [9.17, 15) is 0 Å². The highest BCUT2D eigenvalue weighted by molar-refractivity contribution is 4.97. The summed E-state index contributed by atoms with van der Waals surface area (Å²) in [7, 11) is 1.67. The van der Waals surface area contributed by atoms with Crippen LogP contribution >= 0.6 is 0 Å². The van der Waals surface area contributed by atoms with Crippen LogP contribution in [0.2, 0.25) is 0 Å². The maximum absolute atomic E-state index is 5.60. The van der Waals surface area contributed by atoms with E-state index < -0.39 is 0 Å². The summed E-state index contributed by atoms with van der Waals surface area (Å²) in [5.74, 6) is 1.59. The Balaban J connectivity index is 2.30. The van der Waals surface area contributed by atoms with Crippen LogP contribution in [0.4, 0.5) is 0 Å². The van der Waals surface area contributed by atoms with Crippen LogP contribution in [-0.2, 0) is 11.2 Å². The van der Waals surface area contributed by atoms with Gasteiger partial charge in [-0.15, -0.1) is 0 Å². The quantitative estimate of drug-likeness (QED) is 0.777. The molecule has 0 amide bonds. The van der Waals surface area contributed by atoms with Crippen molar-refractivity contribution in [2.75, 3.05) is 13.7 Å². The van der Waals surface area contributed by atoms with E-state index in [2.05, 4.69) is 31.1 Å². The van der Waals surface area contributed by atoms with Crippen LogP contribution < -0.4 is 5.32 Å². The minimum Gasteiger partial charge on any atom is -0.443 e. The van der Waals surface area contributed by atoms with Crippen LogP contribution in [0.1, 0.15) is 51.9 Å². The molecular weight excluding hydrogens is 216 g/mol. The summed E-state index contributed by atoms with van der Waals surface area (Å²) in [5, 5.41) is 3.44. The highest BCUT2D eigenvalue weighted by atomic mass is 16.5. The van der Waals surface area contributed by atoms with E-state index in [0.717, 1.165) is 31.0 Å². The molecule has 17 heavy (non-hydrogen) atoms. The van der Waals surface area contributed by atoms with E-state index in [1.165, 1.54) is 0 Å². The Hall–Kier alpha value is -0.870. The molecule has 0 saturated heterocycles. The molecule has 1 unspecified atom stereocenters.